The van der Waals surface area contributed by atoms with Crippen molar-refractivity contribution in [2.75, 3.05) is 0 Å². The van der Waals surface area contributed by atoms with Crippen LogP contribution in [0.2, 0.25) is 0 Å². The Hall–Kier alpha value is -1.18. The van der Waals surface area contributed by atoms with Gasteiger partial charge in [0.2, 0.25) is 0 Å². The highest BCUT2D eigenvalue weighted by atomic mass is 16.1. The quantitative estimate of drug-likeness (QED) is 0.627. The van der Waals surface area contributed by atoms with Crippen LogP contribution in [-0.2, 0) is 4.79 Å². The van der Waals surface area contributed by atoms with Gasteiger partial charge in [-0.1, -0.05) is 39.8 Å². The molecule has 2 nitrogen and oxygen atoms in total. The van der Waals surface area contributed by atoms with Crippen molar-refractivity contribution in [3.8, 4) is 0 Å². The van der Waals surface area contributed by atoms with Crippen molar-refractivity contribution in [3.63, 3.8) is 0 Å². The third-order valence-corrected chi connectivity index (χ3v) is 7.86. The number of carbonyl (C=O) groups excluding carboxylic acids is 1. The summed E-state index contributed by atoms with van der Waals surface area (Å²) in [6, 6.07) is 0. The summed E-state index contributed by atoms with van der Waals surface area (Å²) in [7, 11) is 0. The Kier molecular flexibility index (Phi) is 4.61. The Morgan fingerprint density at radius 3 is 2.62 bits per heavy atom. The van der Waals surface area contributed by atoms with Gasteiger partial charge in [0.25, 0.3) is 0 Å². The molecule has 0 saturated heterocycles. The summed E-state index contributed by atoms with van der Waals surface area (Å²) in [5, 5.41) is 7.96. The van der Waals surface area contributed by atoms with E-state index < -0.39 is 0 Å². The Labute approximate surface area is 147 Å². The van der Waals surface area contributed by atoms with E-state index in [2.05, 4.69) is 26.0 Å². The van der Waals surface area contributed by atoms with Gasteiger partial charge >= 0.3 is 0 Å². The minimum absolute atomic E-state index is 0.0785. The van der Waals surface area contributed by atoms with Crippen LogP contribution in [0.3, 0.4) is 0 Å². The smallest absolute Gasteiger partial charge is 0.155 e. The lowest BCUT2D eigenvalue weighted by Crippen LogP contribution is -2.48. The number of hydrogen-bond acceptors (Lipinski definition) is 2. The molecule has 0 aromatic heterocycles. The Morgan fingerprint density at radius 2 is 1.92 bits per heavy atom. The van der Waals surface area contributed by atoms with Crippen LogP contribution in [0.1, 0.15) is 66.2 Å². The van der Waals surface area contributed by atoms with Gasteiger partial charge in [-0.15, -0.1) is 0 Å². The maximum absolute atomic E-state index is 11.7. The second-order valence-electron chi connectivity index (χ2n) is 8.52. The maximum atomic E-state index is 11.7. The van der Waals surface area contributed by atoms with Crippen LogP contribution in [0.4, 0.5) is 0 Å². The SMILES string of the molecule is CC.C[C@]1(C=N)CC[C@H]2[C@@H]3C=CC4=CC(=O)CC[C@@H]4[C@H]3CC[C@@]21C. The molecule has 1 N–H and O–H groups in total. The molecule has 4 aliphatic rings. The largest absolute Gasteiger partial charge is 0.313 e. The van der Waals surface area contributed by atoms with E-state index in [1.54, 1.807) is 6.21 Å². The molecule has 0 amide bonds. The molecule has 4 rings (SSSR count). The molecule has 0 aliphatic heterocycles. The number of allylic oxidation sites excluding steroid dienone is 4. The highest BCUT2D eigenvalue weighted by Gasteiger charge is 2.59. The van der Waals surface area contributed by atoms with E-state index in [9.17, 15) is 4.79 Å². The third kappa shape index (κ3) is 2.36. The summed E-state index contributed by atoms with van der Waals surface area (Å²) in [5.41, 5.74) is 1.66. The summed E-state index contributed by atoms with van der Waals surface area (Å²) in [4.78, 5) is 11.7. The van der Waals surface area contributed by atoms with E-state index in [4.69, 9.17) is 5.41 Å². The molecule has 0 aromatic rings. The summed E-state index contributed by atoms with van der Waals surface area (Å²) in [6.45, 7) is 8.74. The van der Waals surface area contributed by atoms with Gasteiger partial charge in [-0.05, 0) is 72.8 Å². The van der Waals surface area contributed by atoms with Gasteiger partial charge in [-0.3, -0.25) is 4.79 Å². The van der Waals surface area contributed by atoms with Gasteiger partial charge in [0, 0.05) is 18.1 Å². The highest BCUT2D eigenvalue weighted by molar-refractivity contribution is 5.91. The van der Waals surface area contributed by atoms with Gasteiger partial charge in [0.15, 0.2) is 5.78 Å². The standard InChI is InChI=1S/C20H27NO.C2H6/c1-19(12-21)9-8-18-17-5-3-13-11-14(22)4-6-15(13)16(17)7-10-20(18,19)2;1-2/h3,5,11-12,15-18,21H,4,6-10H2,1-2H3;1-2H3/t15-,16+,17+,18-,19+,20-;/m0./s1. The van der Waals surface area contributed by atoms with Gasteiger partial charge in [0.1, 0.15) is 0 Å². The van der Waals surface area contributed by atoms with Crippen molar-refractivity contribution in [1.82, 2.24) is 0 Å². The average molecular weight is 328 g/mol. The molecule has 0 bridgehead atoms. The summed E-state index contributed by atoms with van der Waals surface area (Å²) in [5.74, 6) is 3.04. The van der Waals surface area contributed by atoms with Crippen molar-refractivity contribution in [3.05, 3.63) is 23.8 Å². The Balaban J connectivity index is 0.000000815. The van der Waals surface area contributed by atoms with Gasteiger partial charge < -0.3 is 5.41 Å². The molecule has 0 radical (unpaired) electrons. The minimum Gasteiger partial charge on any atom is -0.313 e. The molecule has 0 unspecified atom stereocenters. The van der Waals surface area contributed by atoms with E-state index >= 15 is 0 Å². The number of nitrogens with one attached hydrogen (secondary N) is 1. The monoisotopic (exact) mass is 327 g/mol. The van der Waals surface area contributed by atoms with Gasteiger partial charge in [0.05, 0.1) is 0 Å². The molecular formula is C22H33NO. The Bertz CT molecular complexity index is 589. The summed E-state index contributed by atoms with van der Waals surface area (Å²) >= 11 is 0. The summed E-state index contributed by atoms with van der Waals surface area (Å²) < 4.78 is 0. The second-order valence-corrected chi connectivity index (χ2v) is 8.52. The fourth-order valence-corrected chi connectivity index (χ4v) is 6.20. The van der Waals surface area contributed by atoms with E-state index in [1.165, 1.54) is 31.3 Å². The van der Waals surface area contributed by atoms with Gasteiger partial charge in [-0.25, -0.2) is 0 Å². The number of ketones is 1. The first kappa shape index (κ1) is 17.6. The van der Waals surface area contributed by atoms with Crippen molar-refractivity contribution in [2.24, 2.45) is 34.5 Å². The lowest BCUT2D eigenvalue weighted by atomic mass is 9.50. The van der Waals surface area contributed by atoms with Crippen LogP contribution >= 0.6 is 0 Å². The highest BCUT2D eigenvalue weighted by Crippen LogP contribution is 2.66. The fraction of sp³-hybridized carbons (Fsp3) is 0.727. The van der Waals surface area contributed by atoms with Crippen LogP contribution < -0.4 is 0 Å². The first-order valence-corrected chi connectivity index (χ1v) is 9.93. The number of carbonyl (C=O) groups is 1. The number of rotatable bonds is 1. The van der Waals surface area contributed by atoms with Gasteiger partial charge in [-0.2, -0.15) is 0 Å². The molecule has 2 heteroatoms. The average Bonchev–Trinajstić information content (AvgIpc) is 2.88. The molecule has 6 atom stereocenters. The van der Waals surface area contributed by atoms with Crippen molar-refractivity contribution >= 4 is 12.0 Å². The summed E-state index contributed by atoms with van der Waals surface area (Å²) in [6.07, 6.45) is 15.1. The molecule has 0 aromatic carbocycles. The predicted molar refractivity (Wildman–Crippen MR) is 100 cm³/mol. The zero-order chi connectivity index (χ0) is 17.5. The zero-order valence-corrected chi connectivity index (χ0v) is 15.8. The first-order chi connectivity index (χ1) is 11.5. The van der Waals surface area contributed by atoms with Crippen molar-refractivity contribution < 1.29 is 4.79 Å². The van der Waals surface area contributed by atoms with Crippen LogP contribution in [0.25, 0.3) is 0 Å². The molecule has 24 heavy (non-hydrogen) atoms. The van der Waals surface area contributed by atoms with Crippen LogP contribution in [0.15, 0.2) is 23.8 Å². The normalized spacial score (nSPS) is 46.0. The van der Waals surface area contributed by atoms with E-state index in [1.807, 2.05) is 19.9 Å². The topological polar surface area (TPSA) is 40.9 Å². The maximum Gasteiger partial charge on any atom is 0.155 e. The molecular weight excluding hydrogens is 294 g/mol. The zero-order valence-electron chi connectivity index (χ0n) is 15.8. The number of hydrogen-bond donors (Lipinski definition) is 1. The third-order valence-electron chi connectivity index (χ3n) is 7.86. The predicted octanol–water partition coefficient (Wildman–Crippen LogP) is 5.59. The molecule has 2 fully saturated rings. The van der Waals surface area contributed by atoms with E-state index in [-0.39, 0.29) is 10.8 Å². The van der Waals surface area contributed by atoms with E-state index in [0.29, 0.717) is 23.5 Å². The minimum atomic E-state index is 0.0785. The van der Waals surface area contributed by atoms with Crippen molar-refractivity contribution in [2.45, 2.75) is 66.2 Å². The second kappa shape index (κ2) is 6.28. The first-order valence-electron chi connectivity index (χ1n) is 9.93. The fourth-order valence-electron chi connectivity index (χ4n) is 6.20. The van der Waals surface area contributed by atoms with Crippen LogP contribution in [0, 0.1) is 39.9 Å². The molecule has 0 spiro atoms. The lowest BCUT2D eigenvalue weighted by Gasteiger charge is -2.54. The Morgan fingerprint density at radius 1 is 1.17 bits per heavy atom. The molecule has 2 saturated carbocycles. The number of fused-ring (bicyclic) bond motifs is 5. The molecule has 4 aliphatic carbocycles. The molecule has 0 heterocycles. The van der Waals surface area contributed by atoms with Crippen LogP contribution in [-0.4, -0.2) is 12.0 Å². The van der Waals surface area contributed by atoms with Crippen molar-refractivity contribution in [1.29, 1.82) is 5.41 Å². The lowest BCUT2D eigenvalue weighted by molar-refractivity contribution is -0.115. The molecule has 132 valence electrons. The van der Waals surface area contributed by atoms with Crippen LogP contribution in [0.5, 0.6) is 0 Å². The van der Waals surface area contributed by atoms with E-state index in [0.717, 1.165) is 18.8 Å².